The van der Waals surface area contributed by atoms with Crippen molar-refractivity contribution in [3.63, 3.8) is 0 Å². The fraction of sp³-hybridized carbons (Fsp3) is 0.250. The van der Waals surface area contributed by atoms with Gasteiger partial charge in [0, 0.05) is 16.1 Å². The summed E-state index contributed by atoms with van der Waals surface area (Å²) in [5.41, 5.74) is 2.20. The van der Waals surface area contributed by atoms with Gasteiger partial charge in [-0.3, -0.25) is 4.79 Å². The van der Waals surface area contributed by atoms with Crippen molar-refractivity contribution in [3.05, 3.63) is 70.8 Å². The minimum absolute atomic E-state index is 0.210. The van der Waals surface area contributed by atoms with Gasteiger partial charge in [0.25, 0.3) is 5.91 Å². The average Bonchev–Trinajstić information content (AvgIpc) is 2.61. The summed E-state index contributed by atoms with van der Waals surface area (Å²) in [5.74, 6) is 0.911. The molecule has 0 radical (unpaired) electrons. The molecule has 1 atom stereocenters. The van der Waals surface area contributed by atoms with Gasteiger partial charge in [0.05, 0.1) is 20.3 Å². The van der Waals surface area contributed by atoms with Crippen LogP contribution in [0.25, 0.3) is 0 Å². The van der Waals surface area contributed by atoms with Crippen molar-refractivity contribution >= 4 is 17.5 Å². The molecule has 1 N–H and O–H groups in total. The first kappa shape index (κ1) is 18.9. The summed E-state index contributed by atoms with van der Waals surface area (Å²) in [7, 11) is 3.12. The second kappa shape index (κ2) is 8.58. The average molecular weight is 360 g/mol. The van der Waals surface area contributed by atoms with Crippen molar-refractivity contribution in [2.45, 2.75) is 19.4 Å². The SMILES string of the molecule is C=CCc1cc(C(=O)NC(C)c2ccccc2Cl)cc(OC)c1OC. The second-order valence-corrected chi connectivity index (χ2v) is 5.99. The van der Waals surface area contributed by atoms with Crippen LogP contribution in [0, 0.1) is 0 Å². The van der Waals surface area contributed by atoms with Crippen molar-refractivity contribution in [3.8, 4) is 11.5 Å². The molecule has 5 heteroatoms. The fourth-order valence-corrected chi connectivity index (χ4v) is 2.96. The molecule has 0 bridgehead atoms. The van der Waals surface area contributed by atoms with Gasteiger partial charge in [0.15, 0.2) is 11.5 Å². The molecular weight excluding hydrogens is 338 g/mol. The Balaban J connectivity index is 2.31. The molecule has 2 rings (SSSR count). The monoisotopic (exact) mass is 359 g/mol. The Hall–Kier alpha value is -2.46. The van der Waals surface area contributed by atoms with Crippen LogP contribution in [0.2, 0.25) is 5.02 Å². The van der Waals surface area contributed by atoms with E-state index < -0.39 is 0 Å². The van der Waals surface area contributed by atoms with E-state index in [0.717, 1.165) is 11.1 Å². The number of hydrogen-bond donors (Lipinski definition) is 1. The van der Waals surface area contributed by atoms with Gasteiger partial charge in [-0.25, -0.2) is 0 Å². The number of halogens is 1. The molecule has 132 valence electrons. The van der Waals surface area contributed by atoms with Crippen molar-refractivity contribution < 1.29 is 14.3 Å². The van der Waals surface area contributed by atoms with E-state index in [1.807, 2.05) is 25.1 Å². The van der Waals surface area contributed by atoms with E-state index in [4.69, 9.17) is 21.1 Å². The lowest BCUT2D eigenvalue weighted by atomic mass is 10.0. The molecule has 0 aromatic heterocycles. The maximum atomic E-state index is 12.7. The molecule has 4 nitrogen and oxygen atoms in total. The third-order valence-electron chi connectivity index (χ3n) is 3.90. The van der Waals surface area contributed by atoms with Crippen LogP contribution >= 0.6 is 11.6 Å². The quantitative estimate of drug-likeness (QED) is 0.736. The van der Waals surface area contributed by atoms with Crippen LogP contribution in [-0.4, -0.2) is 20.1 Å². The number of carbonyl (C=O) groups excluding carboxylic acids is 1. The summed E-state index contributed by atoms with van der Waals surface area (Å²) in [6.45, 7) is 5.64. The zero-order valence-corrected chi connectivity index (χ0v) is 15.4. The Bertz CT molecular complexity index is 774. The van der Waals surface area contributed by atoms with E-state index in [1.165, 1.54) is 0 Å². The number of carbonyl (C=O) groups is 1. The Morgan fingerprint density at radius 3 is 2.60 bits per heavy atom. The second-order valence-electron chi connectivity index (χ2n) is 5.58. The summed E-state index contributed by atoms with van der Waals surface area (Å²) < 4.78 is 10.8. The Labute approximate surface area is 153 Å². The van der Waals surface area contributed by atoms with Crippen LogP contribution in [0.4, 0.5) is 0 Å². The maximum absolute atomic E-state index is 12.7. The van der Waals surface area contributed by atoms with Gasteiger partial charge in [-0.15, -0.1) is 6.58 Å². The van der Waals surface area contributed by atoms with Crippen LogP contribution in [0.3, 0.4) is 0 Å². The third-order valence-corrected chi connectivity index (χ3v) is 4.25. The molecule has 0 spiro atoms. The minimum Gasteiger partial charge on any atom is -0.493 e. The molecule has 25 heavy (non-hydrogen) atoms. The van der Waals surface area contributed by atoms with E-state index in [0.29, 0.717) is 28.5 Å². The highest BCUT2D eigenvalue weighted by molar-refractivity contribution is 6.31. The van der Waals surface area contributed by atoms with Gasteiger partial charge in [-0.1, -0.05) is 35.9 Å². The van der Waals surface area contributed by atoms with Gasteiger partial charge in [0.1, 0.15) is 0 Å². The lowest BCUT2D eigenvalue weighted by Gasteiger charge is -2.18. The number of methoxy groups -OCH3 is 2. The number of benzene rings is 2. The van der Waals surface area contributed by atoms with Crippen molar-refractivity contribution in [2.24, 2.45) is 0 Å². The zero-order valence-electron chi connectivity index (χ0n) is 14.6. The topological polar surface area (TPSA) is 47.6 Å². The van der Waals surface area contributed by atoms with Crippen LogP contribution < -0.4 is 14.8 Å². The largest absolute Gasteiger partial charge is 0.493 e. The van der Waals surface area contributed by atoms with Crippen molar-refractivity contribution in [1.29, 1.82) is 0 Å². The third kappa shape index (κ3) is 4.34. The first-order valence-electron chi connectivity index (χ1n) is 7.92. The highest BCUT2D eigenvalue weighted by Gasteiger charge is 2.18. The molecule has 1 unspecified atom stereocenters. The molecular formula is C20H22ClNO3. The van der Waals surface area contributed by atoms with Gasteiger partial charge in [-0.2, -0.15) is 0 Å². The fourth-order valence-electron chi connectivity index (χ4n) is 2.67. The van der Waals surface area contributed by atoms with E-state index >= 15 is 0 Å². The number of ether oxygens (including phenoxy) is 2. The predicted molar refractivity (Wildman–Crippen MR) is 101 cm³/mol. The van der Waals surface area contributed by atoms with Crippen LogP contribution in [0.1, 0.15) is 34.5 Å². The van der Waals surface area contributed by atoms with E-state index in [1.54, 1.807) is 38.5 Å². The molecule has 2 aromatic rings. The molecule has 0 fully saturated rings. The highest BCUT2D eigenvalue weighted by atomic mass is 35.5. The minimum atomic E-state index is -0.225. The Kier molecular flexibility index (Phi) is 6.48. The van der Waals surface area contributed by atoms with Gasteiger partial charge >= 0.3 is 0 Å². The summed E-state index contributed by atoms with van der Waals surface area (Å²) >= 11 is 6.20. The summed E-state index contributed by atoms with van der Waals surface area (Å²) in [6, 6.07) is 10.7. The highest BCUT2D eigenvalue weighted by Crippen LogP contribution is 2.33. The van der Waals surface area contributed by atoms with E-state index in [9.17, 15) is 4.79 Å². The molecule has 0 heterocycles. The van der Waals surface area contributed by atoms with Gasteiger partial charge < -0.3 is 14.8 Å². The summed E-state index contributed by atoms with van der Waals surface area (Å²) in [6.07, 6.45) is 2.33. The van der Waals surface area contributed by atoms with E-state index in [2.05, 4.69) is 11.9 Å². The van der Waals surface area contributed by atoms with Gasteiger partial charge in [0.2, 0.25) is 0 Å². The number of rotatable bonds is 7. The molecule has 1 amide bonds. The van der Waals surface area contributed by atoms with Crippen molar-refractivity contribution in [1.82, 2.24) is 5.32 Å². The molecule has 2 aromatic carbocycles. The van der Waals surface area contributed by atoms with Crippen LogP contribution in [0.15, 0.2) is 49.1 Å². The smallest absolute Gasteiger partial charge is 0.251 e. The summed E-state index contributed by atoms with van der Waals surface area (Å²) in [5, 5.41) is 3.59. The normalized spacial score (nSPS) is 11.5. The Morgan fingerprint density at radius 2 is 2.00 bits per heavy atom. The first-order chi connectivity index (χ1) is 12.0. The predicted octanol–water partition coefficient (Wildman–Crippen LogP) is 4.58. The Morgan fingerprint density at radius 1 is 1.28 bits per heavy atom. The first-order valence-corrected chi connectivity index (χ1v) is 8.30. The molecule has 0 aliphatic heterocycles. The number of nitrogens with one attached hydrogen (secondary N) is 1. The number of allylic oxidation sites excluding steroid dienone is 1. The van der Waals surface area contributed by atoms with Crippen LogP contribution in [-0.2, 0) is 6.42 Å². The lowest BCUT2D eigenvalue weighted by molar-refractivity contribution is 0.0939. The van der Waals surface area contributed by atoms with Crippen molar-refractivity contribution in [2.75, 3.05) is 14.2 Å². The maximum Gasteiger partial charge on any atom is 0.251 e. The van der Waals surface area contributed by atoms with Gasteiger partial charge in [-0.05, 0) is 37.1 Å². The molecule has 0 aliphatic carbocycles. The van der Waals surface area contributed by atoms with Crippen LogP contribution in [0.5, 0.6) is 11.5 Å². The molecule has 0 aliphatic rings. The summed E-state index contributed by atoms with van der Waals surface area (Å²) in [4.78, 5) is 12.7. The lowest BCUT2D eigenvalue weighted by Crippen LogP contribution is -2.27. The van der Waals surface area contributed by atoms with E-state index in [-0.39, 0.29) is 11.9 Å². The molecule has 0 saturated heterocycles. The number of amides is 1. The zero-order chi connectivity index (χ0) is 18.4. The molecule has 0 saturated carbocycles. The number of hydrogen-bond acceptors (Lipinski definition) is 3. The standard InChI is InChI=1S/C20H22ClNO3/c1-5-8-14-11-15(12-18(24-3)19(14)25-4)20(23)22-13(2)16-9-6-7-10-17(16)21/h5-7,9-13H,1,8H2,2-4H3,(H,22,23).